The zero-order chi connectivity index (χ0) is 12.5. The molecule has 0 aromatic carbocycles. The van der Waals surface area contributed by atoms with Gasteiger partial charge in [-0.05, 0) is 6.42 Å². The Hall–Kier alpha value is -0.920. The molecule has 1 fully saturated rings. The number of rotatable bonds is 3. The van der Waals surface area contributed by atoms with E-state index in [1.807, 2.05) is 6.92 Å². The lowest BCUT2D eigenvalue weighted by Crippen LogP contribution is -2.45. The van der Waals surface area contributed by atoms with Crippen LogP contribution in [0.2, 0.25) is 0 Å². The lowest BCUT2D eigenvalue weighted by Gasteiger charge is -2.31. The molecule has 1 aliphatic rings. The Morgan fingerprint density at radius 2 is 2.35 bits per heavy atom. The van der Waals surface area contributed by atoms with Crippen LogP contribution in [0.15, 0.2) is 17.3 Å². The summed E-state index contributed by atoms with van der Waals surface area (Å²) < 4.78 is 33.0. The summed E-state index contributed by atoms with van der Waals surface area (Å²) in [5, 5.41) is 3.90. The Morgan fingerprint density at radius 1 is 1.59 bits per heavy atom. The van der Waals surface area contributed by atoms with Crippen molar-refractivity contribution in [1.29, 1.82) is 0 Å². The average molecular weight is 259 g/mol. The second-order valence-corrected chi connectivity index (χ2v) is 6.05. The smallest absolute Gasteiger partial charge is 0.246 e. The highest BCUT2D eigenvalue weighted by atomic mass is 32.2. The third-order valence-electron chi connectivity index (χ3n) is 2.88. The van der Waals surface area contributed by atoms with Gasteiger partial charge in [-0.2, -0.15) is 9.40 Å². The minimum absolute atomic E-state index is 0.00445. The molecule has 0 aliphatic carbocycles. The Morgan fingerprint density at radius 3 is 2.94 bits per heavy atom. The van der Waals surface area contributed by atoms with Gasteiger partial charge in [0.15, 0.2) is 0 Å². The molecular formula is C10H17N3O3S. The third-order valence-corrected chi connectivity index (χ3v) is 4.69. The van der Waals surface area contributed by atoms with E-state index in [2.05, 4.69) is 5.10 Å². The fraction of sp³-hybridized carbons (Fsp3) is 0.700. The molecule has 7 heteroatoms. The van der Waals surface area contributed by atoms with Gasteiger partial charge in [0.2, 0.25) is 10.0 Å². The lowest BCUT2D eigenvalue weighted by molar-refractivity contribution is -0.00278. The SMILES string of the molecule is CC[C@H]1CN(S(=O)(=O)c2cnn(C)c2)CCO1. The molecule has 17 heavy (non-hydrogen) atoms. The number of ether oxygens (including phenoxy) is 1. The van der Waals surface area contributed by atoms with Crippen LogP contribution in [0.3, 0.4) is 0 Å². The van der Waals surface area contributed by atoms with Crippen LogP contribution >= 0.6 is 0 Å². The molecule has 0 bridgehead atoms. The molecule has 1 aromatic rings. The van der Waals surface area contributed by atoms with Gasteiger partial charge in [0.05, 0.1) is 18.9 Å². The number of morpholine rings is 1. The maximum absolute atomic E-state index is 12.3. The van der Waals surface area contributed by atoms with Gasteiger partial charge in [0, 0.05) is 26.3 Å². The summed E-state index contributed by atoms with van der Waals surface area (Å²) in [7, 11) is -1.71. The highest BCUT2D eigenvalue weighted by Gasteiger charge is 2.30. The quantitative estimate of drug-likeness (QED) is 0.779. The summed E-state index contributed by atoms with van der Waals surface area (Å²) in [6.07, 6.45) is 3.71. The molecule has 0 N–H and O–H groups in total. The van der Waals surface area contributed by atoms with Crippen LogP contribution in [0.5, 0.6) is 0 Å². The van der Waals surface area contributed by atoms with Gasteiger partial charge in [0.25, 0.3) is 0 Å². The van der Waals surface area contributed by atoms with Crippen LogP contribution < -0.4 is 0 Å². The summed E-state index contributed by atoms with van der Waals surface area (Å²) in [6.45, 7) is 3.28. The number of hydrogen-bond acceptors (Lipinski definition) is 4. The average Bonchev–Trinajstić information content (AvgIpc) is 2.76. The zero-order valence-corrected chi connectivity index (χ0v) is 10.9. The summed E-state index contributed by atoms with van der Waals surface area (Å²) in [5.74, 6) is 0. The van der Waals surface area contributed by atoms with E-state index in [-0.39, 0.29) is 11.0 Å². The topological polar surface area (TPSA) is 64.4 Å². The van der Waals surface area contributed by atoms with E-state index < -0.39 is 10.0 Å². The first kappa shape index (κ1) is 12.5. The molecule has 2 heterocycles. The summed E-state index contributed by atoms with van der Waals surface area (Å²) >= 11 is 0. The monoisotopic (exact) mass is 259 g/mol. The van der Waals surface area contributed by atoms with E-state index in [9.17, 15) is 8.42 Å². The fourth-order valence-corrected chi connectivity index (χ4v) is 3.28. The van der Waals surface area contributed by atoms with E-state index in [1.165, 1.54) is 21.4 Å². The van der Waals surface area contributed by atoms with E-state index in [4.69, 9.17) is 4.74 Å². The summed E-state index contributed by atoms with van der Waals surface area (Å²) in [6, 6.07) is 0. The molecule has 1 atom stereocenters. The van der Waals surface area contributed by atoms with Crippen molar-refractivity contribution < 1.29 is 13.2 Å². The van der Waals surface area contributed by atoms with Crippen molar-refractivity contribution in [2.45, 2.75) is 24.3 Å². The predicted octanol–water partition coefficient (Wildman–Crippen LogP) is 0.220. The number of aryl methyl sites for hydroxylation is 1. The van der Waals surface area contributed by atoms with Crippen molar-refractivity contribution >= 4 is 10.0 Å². The van der Waals surface area contributed by atoms with Gasteiger partial charge in [-0.3, -0.25) is 4.68 Å². The molecule has 0 saturated carbocycles. The summed E-state index contributed by atoms with van der Waals surface area (Å²) in [5.41, 5.74) is 0. The van der Waals surface area contributed by atoms with E-state index in [0.717, 1.165) is 6.42 Å². The molecule has 96 valence electrons. The Labute approximate surface area is 101 Å². The van der Waals surface area contributed by atoms with Crippen molar-refractivity contribution in [3.63, 3.8) is 0 Å². The van der Waals surface area contributed by atoms with E-state index in [0.29, 0.717) is 19.7 Å². The standard InChI is InChI=1S/C10H17N3O3S/c1-3-9-7-13(4-5-16-9)17(14,15)10-6-11-12(2)8-10/h6,8-9H,3-5,7H2,1-2H3/t9-/m0/s1. The normalized spacial score (nSPS) is 22.8. The van der Waals surface area contributed by atoms with Crippen molar-refractivity contribution in [1.82, 2.24) is 14.1 Å². The number of nitrogens with zero attached hydrogens (tertiary/aromatic N) is 3. The van der Waals surface area contributed by atoms with Gasteiger partial charge < -0.3 is 4.74 Å². The largest absolute Gasteiger partial charge is 0.375 e. The Balaban J connectivity index is 2.21. The molecule has 1 saturated heterocycles. The Bertz CT molecular complexity index is 483. The van der Waals surface area contributed by atoms with Gasteiger partial charge in [0.1, 0.15) is 4.90 Å². The van der Waals surface area contributed by atoms with Crippen LogP contribution in [0, 0.1) is 0 Å². The van der Waals surface area contributed by atoms with Gasteiger partial charge in [-0.1, -0.05) is 6.92 Å². The first-order chi connectivity index (χ1) is 8.04. The van der Waals surface area contributed by atoms with E-state index in [1.54, 1.807) is 7.05 Å². The van der Waals surface area contributed by atoms with Crippen molar-refractivity contribution in [2.24, 2.45) is 7.05 Å². The van der Waals surface area contributed by atoms with Gasteiger partial charge >= 0.3 is 0 Å². The minimum atomic E-state index is -3.41. The number of aromatic nitrogens is 2. The van der Waals surface area contributed by atoms with Gasteiger partial charge in [-0.15, -0.1) is 0 Å². The van der Waals surface area contributed by atoms with Gasteiger partial charge in [-0.25, -0.2) is 8.42 Å². The van der Waals surface area contributed by atoms with Crippen LogP contribution in [0.1, 0.15) is 13.3 Å². The summed E-state index contributed by atoms with van der Waals surface area (Å²) in [4.78, 5) is 0.247. The minimum Gasteiger partial charge on any atom is -0.375 e. The molecule has 0 unspecified atom stereocenters. The van der Waals surface area contributed by atoms with Crippen molar-refractivity contribution in [3.8, 4) is 0 Å². The van der Waals surface area contributed by atoms with Crippen LogP contribution in [-0.2, 0) is 21.8 Å². The van der Waals surface area contributed by atoms with Crippen LogP contribution in [0.25, 0.3) is 0 Å². The Kier molecular flexibility index (Phi) is 3.50. The maximum atomic E-state index is 12.3. The van der Waals surface area contributed by atoms with Crippen LogP contribution in [0.4, 0.5) is 0 Å². The molecule has 1 aliphatic heterocycles. The van der Waals surface area contributed by atoms with E-state index >= 15 is 0 Å². The van der Waals surface area contributed by atoms with Crippen molar-refractivity contribution in [2.75, 3.05) is 19.7 Å². The molecule has 2 rings (SSSR count). The molecular weight excluding hydrogens is 242 g/mol. The highest BCUT2D eigenvalue weighted by Crippen LogP contribution is 2.18. The van der Waals surface area contributed by atoms with Crippen molar-refractivity contribution in [3.05, 3.63) is 12.4 Å². The second-order valence-electron chi connectivity index (χ2n) is 4.11. The molecule has 6 nitrogen and oxygen atoms in total. The van der Waals surface area contributed by atoms with Crippen LogP contribution in [-0.4, -0.2) is 48.3 Å². The number of hydrogen-bond donors (Lipinski definition) is 0. The highest BCUT2D eigenvalue weighted by molar-refractivity contribution is 7.89. The first-order valence-corrected chi connectivity index (χ1v) is 7.08. The first-order valence-electron chi connectivity index (χ1n) is 5.64. The molecule has 0 amide bonds. The molecule has 0 spiro atoms. The predicted molar refractivity (Wildman–Crippen MR) is 62.0 cm³/mol. The second kappa shape index (κ2) is 4.75. The fourth-order valence-electron chi connectivity index (χ4n) is 1.84. The molecule has 1 aromatic heterocycles. The lowest BCUT2D eigenvalue weighted by atomic mass is 10.2. The molecule has 0 radical (unpaired) electrons. The zero-order valence-electron chi connectivity index (χ0n) is 10.0. The third kappa shape index (κ3) is 2.51. The number of sulfonamides is 1. The maximum Gasteiger partial charge on any atom is 0.246 e.